The molecule has 13 heavy (non-hydrogen) atoms. The number of halogens is 2. The summed E-state index contributed by atoms with van der Waals surface area (Å²) in [5.74, 6) is -1.43. The van der Waals surface area contributed by atoms with Crippen molar-refractivity contribution in [2.24, 2.45) is 5.41 Å². The van der Waals surface area contributed by atoms with Crippen molar-refractivity contribution in [1.82, 2.24) is 0 Å². The maximum Gasteiger partial charge on any atom is 0.317 e. The average Bonchev–Trinajstić information content (AvgIpc) is 1.87. The minimum Gasteiger partial charge on any atom is -0.481 e. The minimum atomic E-state index is -1.92. The first kappa shape index (κ1) is 16.1. The van der Waals surface area contributed by atoms with Gasteiger partial charge in [-0.1, -0.05) is 0 Å². The molecule has 0 radical (unpaired) electrons. The molecular formula is C6H10Cl2O4Pd. The van der Waals surface area contributed by atoms with E-state index in [2.05, 4.69) is 0 Å². The Kier molecular flexibility index (Phi) is 6.80. The molecular weight excluding hydrogens is 313 g/mol. The molecule has 0 aliphatic rings. The van der Waals surface area contributed by atoms with Gasteiger partial charge < -0.3 is 15.3 Å². The maximum atomic E-state index is 10.6. The number of hydrogen-bond donors (Lipinski definition) is 3. The quantitative estimate of drug-likeness (QED) is 0.511. The Morgan fingerprint density at radius 1 is 1.31 bits per heavy atom. The van der Waals surface area contributed by atoms with E-state index in [1.165, 1.54) is 6.92 Å². The van der Waals surface area contributed by atoms with Gasteiger partial charge in [-0.3, -0.25) is 4.79 Å². The van der Waals surface area contributed by atoms with Crippen LogP contribution in [-0.4, -0.2) is 38.8 Å². The molecule has 0 fully saturated rings. The van der Waals surface area contributed by atoms with E-state index >= 15 is 0 Å². The molecule has 82 valence electrons. The van der Waals surface area contributed by atoms with Gasteiger partial charge in [-0.05, 0) is 6.92 Å². The van der Waals surface area contributed by atoms with Gasteiger partial charge in [0.2, 0.25) is 0 Å². The van der Waals surface area contributed by atoms with E-state index in [9.17, 15) is 4.79 Å². The molecule has 0 aromatic rings. The Bertz CT molecular complexity index is 176. The van der Waals surface area contributed by atoms with Crippen LogP contribution >= 0.6 is 23.2 Å². The molecule has 0 bridgehead atoms. The number of aliphatic hydroxyl groups excluding tert-OH is 2. The number of carboxylic acid groups (broad SMARTS) is 1. The van der Waals surface area contributed by atoms with Crippen molar-refractivity contribution in [3.05, 3.63) is 0 Å². The first-order chi connectivity index (χ1) is 5.31. The summed E-state index contributed by atoms with van der Waals surface area (Å²) in [6, 6.07) is 0. The summed E-state index contributed by atoms with van der Waals surface area (Å²) >= 11 is 11.0. The summed E-state index contributed by atoms with van der Waals surface area (Å²) in [6.07, 6.45) is 0. The van der Waals surface area contributed by atoms with Crippen molar-refractivity contribution in [2.75, 3.05) is 13.2 Å². The van der Waals surface area contributed by atoms with E-state index in [-0.39, 0.29) is 20.4 Å². The number of hydrogen-bond acceptors (Lipinski definition) is 3. The molecule has 0 atom stereocenters. The van der Waals surface area contributed by atoms with Crippen molar-refractivity contribution in [2.45, 2.75) is 11.3 Å². The van der Waals surface area contributed by atoms with Crippen LogP contribution < -0.4 is 0 Å². The van der Waals surface area contributed by atoms with Gasteiger partial charge in [-0.25, -0.2) is 0 Å². The summed E-state index contributed by atoms with van der Waals surface area (Å²) in [5.41, 5.74) is -1.92. The van der Waals surface area contributed by atoms with Crippen LogP contribution in [0.2, 0.25) is 0 Å². The van der Waals surface area contributed by atoms with Crippen molar-refractivity contribution in [3.8, 4) is 0 Å². The van der Waals surface area contributed by atoms with Gasteiger partial charge in [-0.2, -0.15) is 0 Å². The zero-order valence-corrected chi connectivity index (χ0v) is 9.80. The summed E-state index contributed by atoms with van der Waals surface area (Å²) < 4.78 is -1.72. The number of carbonyl (C=O) groups is 1. The van der Waals surface area contributed by atoms with E-state index in [0.29, 0.717) is 0 Å². The number of alkyl halides is 2. The van der Waals surface area contributed by atoms with Crippen molar-refractivity contribution < 1.29 is 40.5 Å². The van der Waals surface area contributed by atoms with Crippen LogP contribution in [0.1, 0.15) is 6.92 Å². The predicted molar refractivity (Wildman–Crippen MR) is 44.4 cm³/mol. The van der Waals surface area contributed by atoms with Crippen LogP contribution in [0, 0.1) is 5.41 Å². The van der Waals surface area contributed by atoms with E-state index in [4.69, 9.17) is 38.5 Å². The number of aliphatic carboxylic acids is 1. The monoisotopic (exact) mass is 322 g/mol. The number of aliphatic hydroxyl groups is 2. The minimum absolute atomic E-state index is 0. The molecule has 0 aromatic carbocycles. The third-order valence-corrected chi connectivity index (χ3v) is 2.51. The van der Waals surface area contributed by atoms with Crippen LogP contribution in [-0.2, 0) is 25.2 Å². The second-order valence-electron chi connectivity index (χ2n) is 2.59. The van der Waals surface area contributed by atoms with Crippen molar-refractivity contribution in [1.29, 1.82) is 0 Å². The fraction of sp³-hybridized carbons (Fsp3) is 0.833. The fourth-order valence-electron chi connectivity index (χ4n) is 0.651. The second kappa shape index (κ2) is 5.50. The summed E-state index contributed by atoms with van der Waals surface area (Å²) in [4.78, 5) is 10.6. The molecule has 0 aliphatic heterocycles. The molecule has 0 aromatic heterocycles. The van der Waals surface area contributed by atoms with E-state index in [1.807, 2.05) is 0 Å². The van der Waals surface area contributed by atoms with Gasteiger partial charge in [0.25, 0.3) is 0 Å². The second-order valence-corrected chi connectivity index (χ2v) is 4.30. The molecule has 0 saturated heterocycles. The summed E-state index contributed by atoms with van der Waals surface area (Å²) in [6.45, 7) is -0.429. The Hall–Kier alpha value is 0.632. The van der Waals surface area contributed by atoms with Crippen LogP contribution in [0.3, 0.4) is 0 Å². The van der Waals surface area contributed by atoms with Gasteiger partial charge in [0.15, 0.2) is 0 Å². The zero-order valence-electron chi connectivity index (χ0n) is 6.74. The molecule has 0 saturated carbocycles. The van der Waals surface area contributed by atoms with Crippen molar-refractivity contribution in [3.63, 3.8) is 0 Å². The molecule has 0 rings (SSSR count). The molecule has 0 amide bonds. The SMILES string of the molecule is CC(Cl)(Cl)C(CO)(CO)C(=O)O.[Pd]. The topological polar surface area (TPSA) is 77.8 Å². The zero-order chi connectivity index (χ0) is 9.99. The summed E-state index contributed by atoms with van der Waals surface area (Å²) in [5, 5.41) is 26.2. The molecule has 0 unspecified atom stereocenters. The van der Waals surface area contributed by atoms with Gasteiger partial charge in [0.05, 0.1) is 13.2 Å². The van der Waals surface area contributed by atoms with E-state index in [0.717, 1.165) is 0 Å². The smallest absolute Gasteiger partial charge is 0.317 e. The van der Waals surface area contributed by atoms with Crippen LogP contribution in [0.5, 0.6) is 0 Å². The van der Waals surface area contributed by atoms with Gasteiger partial charge >= 0.3 is 5.97 Å². The molecule has 0 aliphatic carbocycles. The third-order valence-electron chi connectivity index (χ3n) is 1.79. The van der Waals surface area contributed by atoms with Gasteiger partial charge in [-0.15, -0.1) is 23.2 Å². The van der Waals surface area contributed by atoms with Gasteiger partial charge in [0, 0.05) is 20.4 Å². The van der Waals surface area contributed by atoms with Crippen LogP contribution in [0.4, 0.5) is 0 Å². The standard InChI is InChI=1S/C6H10Cl2O4.Pd/c1-5(7,8)6(2-9,3-10)4(11)12;/h9-10H,2-3H2,1H3,(H,11,12);. The van der Waals surface area contributed by atoms with E-state index in [1.54, 1.807) is 0 Å². The first-order valence-electron chi connectivity index (χ1n) is 3.15. The van der Waals surface area contributed by atoms with Crippen LogP contribution in [0.25, 0.3) is 0 Å². The Morgan fingerprint density at radius 2 is 1.62 bits per heavy atom. The normalized spacial score (nSPS) is 12.1. The number of carboxylic acids is 1. The van der Waals surface area contributed by atoms with Crippen molar-refractivity contribution >= 4 is 29.2 Å². The third kappa shape index (κ3) is 3.05. The average molecular weight is 323 g/mol. The van der Waals surface area contributed by atoms with Crippen LogP contribution in [0.15, 0.2) is 0 Å². The molecule has 0 heterocycles. The Balaban J connectivity index is 0. The predicted octanol–water partition coefficient (Wildman–Crippen LogP) is 0.233. The Labute approximate surface area is 99.5 Å². The molecule has 3 N–H and O–H groups in total. The largest absolute Gasteiger partial charge is 0.481 e. The molecule has 4 nitrogen and oxygen atoms in total. The molecule has 7 heteroatoms. The van der Waals surface area contributed by atoms with Gasteiger partial charge in [0.1, 0.15) is 9.75 Å². The van der Waals surface area contributed by atoms with E-state index < -0.39 is 28.9 Å². The fourth-order valence-corrected chi connectivity index (χ4v) is 1.05. The first-order valence-corrected chi connectivity index (χ1v) is 3.90. The maximum absolute atomic E-state index is 10.6. The number of rotatable bonds is 4. The molecule has 0 spiro atoms. The summed E-state index contributed by atoms with van der Waals surface area (Å²) in [7, 11) is 0. The Morgan fingerprint density at radius 3 is 1.62 bits per heavy atom.